The first-order valence-corrected chi connectivity index (χ1v) is 10.4. The molecule has 1 amide bonds. The largest absolute Gasteiger partial charge is 0.453 e. The first-order valence-electron chi connectivity index (χ1n) is 10.4. The van der Waals surface area contributed by atoms with Crippen molar-refractivity contribution in [1.82, 2.24) is 19.8 Å². The molecule has 6 heteroatoms. The third-order valence-corrected chi connectivity index (χ3v) is 6.47. The Morgan fingerprint density at radius 2 is 1.63 bits per heavy atom. The molecule has 2 aliphatic rings. The molecule has 0 unspecified atom stereocenters. The zero-order valence-corrected chi connectivity index (χ0v) is 17.3. The number of nitrogens with zero attached hydrogens (tertiary/aromatic N) is 4. The monoisotopic (exact) mass is 374 g/mol. The molecular formula is C21H34N4O2. The van der Waals surface area contributed by atoms with Gasteiger partial charge in [-0.25, -0.2) is 9.97 Å². The Kier molecular flexibility index (Phi) is 6.68. The fraction of sp³-hybridized carbons (Fsp3) is 0.762. The number of amides is 1. The minimum Gasteiger partial charge on any atom is -0.453 e. The van der Waals surface area contributed by atoms with Gasteiger partial charge in [-0.2, -0.15) is 0 Å². The Balaban J connectivity index is 1.46. The van der Waals surface area contributed by atoms with Crippen LogP contribution in [0.4, 0.5) is 0 Å². The first kappa shape index (κ1) is 20.1. The Bertz CT molecular complexity index is 627. The maximum atomic E-state index is 12.6. The van der Waals surface area contributed by atoms with Crippen LogP contribution in [0.2, 0.25) is 0 Å². The normalized spacial score (nSPS) is 19.9. The van der Waals surface area contributed by atoms with E-state index in [9.17, 15) is 4.79 Å². The highest BCUT2D eigenvalue weighted by molar-refractivity contribution is 5.77. The van der Waals surface area contributed by atoms with Crippen molar-refractivity contribution in [2.45, 2.75) is 77.8 Å². The minimum atomic E-state index is 0.00127. The van der Waals surface area contributed by atoms with E-state index in [0.29, 0.717) is 12.1 Å². The summed E-state index contributed by atoms with van der Waals surface area (Å²) >= 11 is 0. The van der Waals surface area contributed by atoms with Crippen LogP contribution in [-0.4, -0.2) is 64.5 Å². The highest BCUT2D eigenvalue weighted by Crippen LogP contribution is 2.26. The molecule has 1 aromatic rings. The van der Waals surface area contributed by atoms with E-state index >= 15 is 0 Å². The van der Waals surface area contributed by atoms with Crippen LogP contribution in [0.5, 0.6) is 6.01 Å². The summed E-state index contributed by atoms with van der Waals surface area (Å²) in [7, 11) is 1.90. The maximum absolute atomic E-state index is 12.6. The van der Waals surface area contributed by atoms with Gasteiger partial charge in [0, 0.05) is 43.6 Å². The number of carbonyl (C=O) groups excluding carboxylic acids is 1. The van der Waals surface area contributed by atoms with Gasteiger partial charge in [0.25, 0.3) is 5.91 Å². The van der Waals surface area contributed by atoms with Gasteiger partial charge < -0.3 is 14.5 Å². The summed E-state index contributed by atoms with van der Waals surface area (Å²) in [4.78, 5) is 25.7. The third-order valence-electron chi connectivity index (χ3n) is 6.47. The van der Waals surface area contributed by atoms with Crippen LogP contribution in [0.25, 0.3) is 0 Å². The molecule has 0 bridgehead atoms. The number of ether oxygens (including phenoxy) is 1. The molecule has 1 aliphatic heterocycles. The lowest BCUT2D eigenvalue weighted by atomic mass is 9.92. The topological polar surface area (TPSA) is 58.6 Å². The summed E-state index contributed by atoms with van der Waals surface area (Å²) < 4.78 is 5.59. The quantitative estimate of drug-likeness (QED) is 0.793. The predicted molar refractivity (Wildman–Crippen MR) is 106 cm³/mol. The fourth-order valence-electron chi connectivity index (χ4n) is 4.32. The summed E-state index contributed by atoms with van der Waals surface area (Å²) in [6.45, 7) is 8.07. The maximum Gasteiger partial charge on any atom is 0.317 e. The fourth-order valence-corrected chi connectivity index (χ4v) is 4.32. The predicted octanol–water partition coefficient (Wildman–Crippen LogP) is 3.04. The van der Waals surface area contributed by atoms with Gasteiger partial charge in [-0.3, -0.25) is 4.79 Å². The summed E-state index contributed by atoms with van der Waals surface area (Å²) in [6.07, 6.45) is 8.95. The van der Waals surface area contributed by atoms with E-state index in [-0.39, 0.29) is 12.5 Å². The molecule has 0 N–H and O–H groups in total. The van der Waals surface area contributed by atoms with E-state index in [2.05, 4.69) is 14.9 Å². The summed E-state index contributed by atoms with van der Waals surface area (Å²) in [6, 6.07) is 1.38. The zero-order chi connectivity index (χ0) is 19.4. The molecule has 1 aromatic heterocycles. The van der Waals surface area contributed by atoms with Crippen molar-refractivity contribution >= 4 is 5.91 Å². The van der Waals surface area contributed by atoms with Crippen molar-refractivity contribution < 1.29 is 9.53 Å². The van der Waals surface area contributed by atoms with Crippen LogP contribution < -0.4 is 4.74 Å². The summed E-state index contributed by atoms with van der Waals surface area (Å²) in [5.74, 6) is 0.00518. The molecule has 0 spiro atoms. The lowest BCUT2D eigenvalue weighted by Crippen LogP contribution is -2.49. The number of aromatic nitrogens is 2. The SMILES string of the molecule is Cc1nc(OCC(=O)N(C)C2CCN(C3CCCCC3)CC2)nc(C)c1C. The van der Waals surface area contributed by atoms with Crippen molar-refractivity contribution in [3.63, 3.8) is 0 Å². The number of likely N-dealkylation sites (tertiary alicyclic amines) is 1. The number of hydrogen-bond donors (Lipinski definition) is 0. The van der Waals surface area contributed by atoms with E-state index in [0.717, 1.165) is 48.9 Å². The first-order chi connectivity index (χ1) is 13.0. The molecule has 1 saturated heterocycles. The Hall–Kier alpha value is -1.69. The van der Waals surface area contributed by atoms with Gasteiger partial charge in [0.2, 0.25) is 0 Å². The second-order valence-corrected chi connectivity index (χ2v) is 8.15. The number of hydrogen-bond acceptors (Lipinski definition) is 5. The van der Waals surface area contributed by atoms with Crippen LogP contribution in [0.1, 0.15) is 61.9 Å². The summed E-state index contributed by atoms with van der Waals surface area (Å²) in [5, 5.41) is 0. The van der Waals surface area contributed by atoms with Crippen LogP contribution in [0, 0.1) is 20.8 Å². The van der Waals surface area contributed by atoms with E-state index < -0.39 is 0 Å². The minimum absolute atomic E-state index is 0.00127. The Morgan fingerprint density at radius 3 is 2.22 bits per heavy atom. The lowest BCUT2D eigenvalue weighted by molar-refractivity contribution is -0.135. The number of rotatable bonds is 5. The molecule has 27 heavy (non-hydrogen) atoms. The standard InChI is InChI=1S/C21H34N4O2/c1-15-16(2)22-21(23-17(15)3)27-14-20(26)24(4)18-10-12-25(13-11-18)19-8-6-5-7-9-19/h18-19H,5-14H2,1-4H3. The van der Waals surface area contributed by atoms with Crippen molar-refractivity contribution in [1.29, 1.82) is 0 Å². The molecule has 2 heterocycles. The number of piperidine rings is 1. The molecule has 0 atom stereocenters. The smallest absolute Gasteiger partial charge is 0.317 e. The molecule has 1 aliphatic carbocycles. The van der Waals surface area contributed by atoms with Gasteiger partial charge in [-0.05, 0) is 52.0 Å². The van der Waals surface area contributed by atoms with Crippen molar-refractivity contribution in [2.24, 2.45) is 0 Å². The highest BCUT2D eigenvalue weighted by atomic mass is 16.5. The van der Waals surface area contributed by atoms with Crippen LogP contribution in [-0.2, 0) is 4.79 Å². The van der Waals surface area contributed by atoms with Crippen molar-refractivity contribution in [3.8, 4) is 6.01 Å². The van der Waals surface area contributed by atoms with Gasteiger partial charge in [0.05, 0.1) is 0 Å². The van der Waals surface area contributed by atoms with E-state index in [1.165, 1.54) is 32.1 Å². The molecule has 2 fully saturated rings. The van der Waals surface area contributed by atoms with Crippen LogP contribution >= 0.6 is 0 Å². The van der Waals surface area contributed by atoms with E-state index in [4.69, 9.17) is 4.74 Å². The number of aryl methyl sites for hydroxylation is 2. The van der Waals surface area contributed by atoms with Crippen LogP contribution in [0.3, 0.4) is 0 Å². The Labute approximate surface area is 163 Å². The highest BCUT2D eigenvalue weighted by Gasteiger charge is 2.29. The molecule has 3 rings (SSSR count). The number of likely N-dealkylation sites (N-methyl/N-ethyl adjacent to an activating group) is 1. The van der Waals surface area contributed by atoms with Gasteiger partial charge >= 0.3 is 6.01 Å². The van der Waals surface area contributed by atoms with Crippen molar-refractivity contribution in [3.05, 3.63) is 17.0 Å². The van der Waals surface area contributed by atoms with Gasteiger partial charge in [0.1, 0.15) is 0 Å². The van der Waals surface area contributed by atoms with E-state index in [1.807, 2.05) is 32.7 Å². The second-order valence-electron chi connectivity index (χ2n) is 8.15. The molecule has 150 valence electrons. The average Bonchev–Trinajstić information content (AvgIpc) is 2.70. The van der Waals surface area contributed by atoms with Gasteiger partial charge in [0.15, 0.2) is 6.61 Å². The third kappa shape index (κ3) is 4.98. The number of carbonyl (C=O) groups is 1. The molecule has 0 radical (unpaired) electrons. The van der Waals surface area contributed by atoms with Crippen LogP contribution in [0.15, 0.2) is 0 Å². The van der Waals surface area contributed by atoms with E-state index in [1.54, 1.807) is 0 Å². The Morgan fingerprint density at radius 1 is 1.04 bits per heavy atom. The molecule has 1 saturated carbocycles. The van der Waals surface area contributed by atoms with Gasteiger partial charge in [-0.1, -0.05) is 19.3 Å². The summed E-state index contributed by atoms with van der Waals surface area (Å²) in [5.41, 5.74) is 2.86. The van der Waals surface area contributed by atoms with Gasteiger partial charge in [-0.15, -0.1) is 0 Å². The molecule has 0 aromatic carbocycles. The lowest BCUT2D eigenvalue weighted by Gasteiger charge is -2.41. The zero-order valence-electron chi connectivity index (χ0n) is 17.3. The average molecular weight is 375 g/mol. The second kappa shape index (κ2) is 9.00. The van der Waals surface area contributed by atoms with Crippen molar-refractivity contribution in [2.75, 3.05) is 26.7 Å². The molecular weight excluding hydrogens is 340 g/mol. The molecule has 6 nitrogen and oxygen atoms in total.